The maximum atomic E-state index is 11.9. The van der Waals surface area contributed by atoms with E-state index >= 15 is 0 Å². The number of hydrogen-bond acceptors (Lipinski definition) is 6. The minimum atomic E-state index is -3.17. The SMILES string of the molecule is COP(=O)(Cc1nnc(Cc2ccccc2)o1)OC. The minimum absolute atomic E-state index is 0.0260. The summed E-state index contributed by atoms with van der Waals surface area (Å²) in [7, 11) is -0.519. The van der Waals surface area contributed by atoms with Crippen molar-refractivity contribution >= 4 is 7.60 Å². The van der Waals surface area contributed by atoms with Crippen molar-refractivity contribution in [1.29, 1.82) is 0 Å². The lowest BCUT2D eigenvalue weighted by atomic mass is 10.2. The molecule has 0 radical (unpaired) electrons. The first-order chi connectivity index (χ1) is 9.15. The van der Waals surface area contributed by atoms with Crippen LogP contribution in [-0.2, 0) is 26.2 Å². The van der Waals surface area contributed by atoms with Gasteiger partial charge < -0.3 is 13.5 Å². The predicted octanol–water partition coefficient (Wildman–Crippen LogP) is 2.65. The van der Waals surface area contributed by atoms with Crippen LogP contribution in [0.2, 0.25) is 0 Å². The fourth-order valence-electron chi connectivity index (χ4n) is 1.56. The Bertz CT molecular complexity index is 562. The summed E-state index contributed by atoms with van der Waals surface area (Å²) in [6.45, 7) is 0. The van der Waals surface area contributed by atoms with Gasteiger partial charge in [-0.25, -0.2) is 0 Å². The Hall–Kier alpha value is -1.49. The lowest BCUT2D eigenvalue weighted by Crippen LogP contribution is -1.93. The smallest absolute Gasteiger partial charge is 0.339 e. The zero-order valence-electron chi connectivity index (χ0n) is 10.8. The van der Waals surface area contributed by atoms with E-state index < -0.39 is 7.60 Å². The number of rotatable bonds is 6. The zero-order valence-corrected chi connectivity index (χ0v) is 11.7. The molecular formula is C12H15N2O4P. The molecule has 0 saturated carbocycles. The molecule has 1 aromatic heterocycles. The molecule has 0 aliphatic rings. The molecule has 0 spiro atoms. The molecular weight excluding hydrogens is 267 g/mol. The molecule has 6 nitrogen and oxygen atoms in total. The van der Waals surface area contributed by atoms with Crippen LogP contribution in [0, 0.1) is 0 Å². The van der Waals surface area contributed by atoms with Crippen molar-refractivity contribution in [2.45, 2.75) is 12.6 Å². The number of benzene rings is 1. The Kier molecular flexibility index (Phi) is 4.47. The van der Waals surface area contributed by atoms with Gasteiger partial charge in [-0.1, -0.05) is 30.3 Å². The van der Waals surface area contributed by atoms with Gasteiger partial charge in [0.15, 0.2) is 0 Å². The van der Waals surface area contributed by atoms with Crippen LogP contribution in [0.15, 0.2) is 34.7 Å². The highest BCUT2D eigenvalue weighted by Crippen LogP contribution is 2.49. The predicted molar refractivity (Wildman–Crippen MR) is 68.9 cm³/mol. The maximum absolute atomic E-state index is 11.9. The van der Waals surface area contributed by atoms with Gasteiger partial charge in [-0.3, -0.25) is 4.57 Å². The van der Waals surface area contributed by atoms with Gasteiger partial charge >= 0.3 is 7.60 Å². The molecule has 19 heavy (non-hydrogen) atoms. The van der Waals surface area contributed by atoms with Gasteiger partial charge in [0, 0.05) is 14.2 Å². The van der Waals surface area contributed by atoms with Crippen molar-refractivity contribution in [3.63, 3.8) is 0 Å². The van der Waals surface area contributed by atoms with Gasteiger partial charge in [-0.05, 0) is 5.56 Å². The number of nitrogens with zero attached hydrogens (tertiary/aromatic N) is 2. The van der Waals surface area contributed by atoms with E-state index in [2.05, 4.69) is 10.2 Å². The van der Waals surface area contributed by atoms with Crippen molar-refractivity contribution in [2.24, 2.45) is 0 Å². The van der Waals surface area contributed by atoms with Crippen molar-refractivity contribution in [3.8, 4) is 0 Å². The summed E-state index contributed by atoms with van der Waals surface area (Å²) >= 11 is 0. The molecule has 0 fully saturated rings. The van der Waals surface area contributed by atoms with E-state index in [-0.39, 0.29) is 12.1 Å². The summed E-state index contributed by atoms with van der Waals surface area (Å²) < 4.78 is 27.0. The second kappa shape index (κ2) is 6.10. The van der Waals surface area contributed by atoms with Gasteiger partial charge in [0.05, 0.1) is 6.42 Å². The minimum Gasteiger partial charge on any atom is -0.424 e. The molecule has 0 bridgehead atoms. The highest BCUT2D eigenvalue weighted by molar-refractivity contribution is 7.52. The summed E-state index contributed by atoms with van der Waals surface area (Å²) in [5.41, 5.74) is 1.07. The standard InChI is InChI=1S/C12H15N2O4P/c1-16-19(15,17-2)9-12-14-13-11(18-12)8-10-6-4-3-5-7-10/h3-7H,8-9H2,1-2H3. The number of hydrogen-bond donors (Lipinski definition) is 0. The Labute approximate surface area is 111 Å². The van der Waals surface area contributed by atoms with Crippen LogP contribution >= 0.6 is 7.60 Å². The van der Waals surface area contributed by atoms with Crippen LogP contribution in [0.1, 0.15) is 17.3 Å². The van der Waals surface area contributed by atoms with Crippen molar-refractivity contribution in [3.05, 3.63) is 47.7 Å². The van der Waals surface area contributed by atoms with E-state index in [9.17, 15) is 4.57 Å². The van der Waals surface area contributed by atoms with E-state index in [0.717, 1.165) is 5.56 Å². The van der Waals surface area contributed by atoms with Gasteiger partial charge in [0.1, 0.15) is 6.16 Å². The molecule has 0 unspecified atom stereocenters. The first-order valence-electron chi connectivity index (χ1n) is 5.71. The van der Waals surface area contributed by atoms with E-state index in [1.54, 1.807) is 0 Å². The molecule has 1 heterocycles. The Morgan fingerprint density at radius 1 is 1.11 bits per heavy atom. The molecule has 2 aromatic rings. The third-order valence-corrected chi connectivity index (χ3v) is 4.36. The van der Waals surface area contributed by atoms with Crippen molar-refractivity contribution in [2.75, 3.05) is 14.2 Å². The van der Waals surface area contributed by atoms with Gasteiger partial charge in [0.25, 0.3) is 0 Å². The normalized spacial score (nSPS) is 11.7. The maximum Gasteiger partial charge on any atom is 0.339 e. The molecule has 1 aromatic carbocycles. The van der Waals surface area contributed by atoms with Crippen LogP contribution in [0.25, 0.3) is 0 Å². The first-order valence-corrected chi connectivity index (χ1v) is 7.44. The van der Waals surface area contributed by atoms with Crippen LogP contribution in [0.5, 0.6) is 0 Å². The second-order valence-electron chi connectivity index (χ2n) is 3.89. The summed E-state index contributed by atoms with van der Waals surface area (Å²) in [4.78, 5) is 0. The van der Waals surface area contributed by atoms with Crippen LogP contribution in [0.4, 0.5) is 0 Å². The monoisotopic (exact) mass is 282 g/mol. The van der Waals surface area contributed by atoms with Gasteiger partial charge in [-0.15, -0.1) is 10.2 Å². The molecule has 0 saturated heterocycles. The summed E-state index contributed by atoms with van der Waals surface area (Å²) in [6.07, 6.45) is 0.514. The first kappa shape index (κ1) is 13.9. The lowest BCUT2D eigenvalue weighted by molar-refractivity contribution is 0.271. The summed E-state index contributed by atoms with van der Waals surface area (Å²) in [6, 6.07) is 9.77. The van der Waals surface area contributed by atoms with Crippen molar-refractivity contribution in [1.82, 2.24) is 10.2 Å². The summed E-state index contributed by atoms with van der Waals surface area (Å²) in [5.74, 6) is 0.720. The fourth-order valence-corrected chi connectivity index (χ4v) is 2.43. The third kappa shape index (κ3) is 3.73. The Morgan fingerprint density at radius 3 is 2.37 bits per heavy atom. The largest absolute Gasteiger partial charge is 0.424 e. The van der Waals surface area contributed by atoms with Gasteiger partial charge in [0.2, 0.25) is 11.8 Å². The zero-order chi connectivity index (χ0) is 13.7. The highest BCUT2D eigenvalue weighted by atomic mass is 31.2. The van der Waals surface area contributed by atoms with Crippen LogP contribution in [0.3, 0.4) is 0 Å². The van der Waals surface area contributed by atoms with E-state index in [1.165, 1.54) is 14.2 Å². The molecule has 2 rings (SSSR count). The average Bonchev–Trinajstić information content (AvgIpc) is 2.87. The summed E-state index contributed by atoms with van der Waals surface area (Å²) in [5, 5.41) is 7.76. The van der Waals surface area contributed by atoms with E-state index in [4.69, 9.17) is 13.5 Å². The Morgan fingerprint density at radius 2 is 1.74 bits per heavy atom. The molecule has 0 aliphatic carbocycles. The quantitative estimate of drug-likeness (QED) is 0.758. The van der Waals surface area contributed by atoms with E-state index in [1.807, 2.05) is 30.3 Å². The molecule has 7 heteroatoms. The Balaban J connectivity index is 2.05. The van der Waals surface area contributed by atoms with Gasteiger partial charge in [-0.2, -0.15) is 0 Å². The molecule has 0 aliphatic heterocycles. The third-order valence-electron chi connectivity index (χ3n) is 2.59. The van der Waals surface area contributed by atoms with Crippen LogP contribution < -0.4 is 0 Å². The van der Waals surface area contributed by atoms with E-state index in [0.29, 0.717) is 12.3 Å². The van der Waals surface area contributed by atoms with Crippen LogP contribution in [-0.4, -0.2) is 24.4 Å². The fraction of sp³-hybridized carbons (Fsp3) is 0.333. The number of aromatic nitrogens is 2. The molecule has 102 valence electrons. The molecule has 0 atom stereocenters. The average molecular weight is 282 g/mol. The lowest BCUT2D eigenvalue weighted by Gasteiger charge is -2.10. The molecule has 0 amide bonds. The van der Waals surface area contributed by atoms with Crippen molar-refractivity contribution < 1.29 is 18.0 Å². The second-order valence-corrected chi connectivity index (χ2v) is 6.15. The topological polar surface area (TPSA) is 74.5 Å². The highest BCUT2D eigenvalue weighted by Gasteiger charge is 2.25. The molecule has 0 N–H and O–H groups in total.